The molecule has 1 aromatic carbocycles. The first-order chi connectivity index (χ1) is 12.9. The zero-order valence-electron chi connectivity index (χ0n) is 16.6. The second-order valence-corrected chi connectivity index (χ2v) is 7.57. The van der Waals surface area contributed by atoms with Crippen LogP contribution < -0.4 is 5.32 Å². The zero-order chi connectivity index (χ0) is 19.8. The van der Waals surface area contributed by atoms with Crippen LogP contribution in [0.4, 0.5) is 4.39 Å². The fourth-order valence-corrected chi connectivity index (χ4v) is 3.29. The molecule has 4 nitrogen and oxygen atoms in total. The monoisotopic (exact) mass is 374 g/mol. The quantitative estimate of drug-likeness (QED) is 0.693. The number of nitrogens with zero attached hydrogens (tertiary/aromatic N) is 1. The molecule has 0 spiro atoms. The predicted molar refractivity (Wildman–Crippen MR) is 105 cm³/mol. The summed E-state index contributed by atoms with van der Waals surface area (Å²) < 4.78 is 13.1. The van der Waals surface area contributed by atoms with Crippen molar-refractivity contribution in [2.24, 2.45) is 5.92 Å². The Morgan fingerprint density at radius 2 is 1.85 bits per heavy atom. The average Bonchev–Trinajstić information content (AvgIpc) is 2.67. The SMILES string of the molecule is CC(C)C(=O)N(Cc1ccc(F)cc1)C(C)C(=O)NCCC1=CCCCC1. The summed E-state index contributed by atoms with van der Waals surface area (Å²) in [6.45, 7) is 6.27. The molecular weight excluding hydrogens is 343 g/mol. The number of carbonyl (C=O) groups is 2. The maximum absolute atomic E-state index is 13.1. The van der Waals surface area contributed by atoms with E-state index in [1.165, 1.54) is 30.5 Å². The Balaban J connectivity index is 1.97. The molecule has 0 aliphatic heterocycles. The molecule has 0 saturated heterocycles. The van der Waals surface area contributed by atoms with E-state index in [4.69, 9.17) is 0 Å². The summed E-state index contributed by atoms with van der Waals surface area (Å²) in [4.78, 5) is 26.8. The first kappa shape index (κ1) is 21.1. The number of benzene rings is 1. The molecule has 2 rings (SSSR count). The molecule has 0 bridgehead atoms. The summed E-state index contributed by atoms with van der Waals surface area (Å²) in [5, 5.41) is 2.97. The third-order valence-electron chi connectivity index (χ3n) is 5.02. The molecule has 2 amide bonds. The minimum Gasteiger partial charge on any atom is -0.354 e. The van der Waals surface area contributed by atoms with E-state index < -0.39 is 6.04 Å². The first-order valence-corrected chi connectivity index (χ1v) is 9.89. The first-order valence-electron chi connectivity index (χ1n) is 9.89. The van der Waals surface area contributed by atoms with Gasteiger partial charge in [-0.1, -0.05) is 37.6 Å². The molecule has 1 N–H and O–H groups in total. The maximum Gasteiger partial charge on any atom is 0.242 e. The number of rotatable bonds is 8. The molecule has 0 radical (unpaired) electrons. The van der Waals surface area contributed by atoms with E-state index in [1.54, 1.807) is 24.0 Å². The Morgan fingerprint density at radius 1 is 1.15 bits per heavy atom. The number of carbonyl (C=O) groups excluding carboxylic acids is 2. The highest BCUT2D eigenvalue weighted by molar-refractivity contribution is 5.88. The van der Waals surface area contributed by atoms with Gasteiger partial charge in [-0.25, -0.2) is 4.39 Å². The molecule has 1 aliphatic carbocycles. The maximum atomic E-state index is 13.1. The second-order valence-electron chi connectivity index (χ2n) is 7.57. The molecule has 1 unspecified atom stereocenters. The second kappa shape index (κ2) is 10.2. The van der Waals surface area contributed by atoms with Crippen molar-refractivity contribution in [3.05, 3.63) is 47.3 Å². The van der Waals surface area contributed by atoms with Crippen molar-refractivity contribution in [1.82, 2.24) is 10.2 Å². The molecule has 27 heavy (non-hydrogen) atoms. The van der Waals surface area contributed by atoms with Gasteiger partial charge >= 0.3 is 0 Å². The normalized spacial score (nSPS) is 15.2. The molecule has 0 aromatic heterocycles. The lowest BCUT2D eigenvalue weighted by Crippen LogP contribution is -2.49. The third kappa shape index (κ3) is 6.49. The van der Waals surface area contributed by atoms with Gasteiger partial charge in [0.15, 0.2) is 0 Å². The fraction of sp³-hybridized carbons (Fsp3) is 0.545. The lowest BCUT2D eigenvalue weighted by atomic mass is 9.97. The van der Waals surface area contributed by atoms with Crippen molar-refractivity contribution in [2.75, 3.05) is 6.54 Å². The predicted octanol–water partition coefficient (Wildman–Crippen LogP) is 4.21. The van der Waals surface area contributed by atoms with Gasteiger partial charge in [0.1, 0.15) is 11.9 Å². The topological polar surface area (TPSA) is 49.4 Å². The van der Waals surface area contributed by atoms with Gasteiger partial charge in [0, 0.05) is 19.0 Å². The highest BCUT2D eigenvalue weighted by Crippen LogP contribution is 2.19. The van der Waals surface area contributed by atoms with E-state index in [1.807, 2.05) is 13.8 Å². The zero-order valence-corrected chi connectivity index (χ0v) is 16.6. The Labute approximate surface area is 161 Å². The summed E-state index contributed by atoms with van der Waals surface area (Å²) in [5.74, 6) is -0.768. The van der Waals surface area contributed by atoms with E-state index in [0.717, 1.165) is 24.8 Å². The van der Waals surface area contributed by atoms with E-state index >= 15 is 0 Å². The molecule has 1 aromatic rings. The van der Waals surface area contributed by atoms with Gasteiger partial charge in [0.2, 0.25) is 11.8 Å². The van der Waals surface area contributed by atoms with Crippen molar-refractivity contribution < 1.29 is 14.0 Å². The van der Waals surface area contributed by atoms with Crippen LogP contribution in [0, 0.1) is 11.7 Å². The highest BCUT2D eigenvalue weighted by atomic mass is 19.1. The minimum absolute atomic E-state index is 0.0861. The molecule has 1 atom stereocenters. The summed E-state index contributed by atoms with van der Waals surface area (Å²) >= 11 is 0. The van der Waals surface area contributed by atoms with Crippen molar-refractivity contribution in [3.8, 4) is 0 Å². The van der Waals surface area contributed by atoms with Crippen molar-refractivity contribution in [3.63, 3.8) is 0 Å². The van der Waals surface area contributed by atoms with Crippen LogP contribution in [0.5, 0.6) is 0 Å². The number of amides is 2. The van der Waals surface area contributed by atoms with Gasteiger partial charge in [-0.15, -0.1) is 0 Å². The van der Waals surface area contributed by atoms with Crippen LogP contribution in [-0.4, -0.2) is 29.3 Å². The summed E-state index contributed by atoms with van der Waals surface area (Å²) in [6.07, 6.45) is 7.88. The highest BCUT2D eigenvalue weighted by Gasteiger charge is 2.27. The average molecular weight is 375 g/mol. The Hall–Kier alpha value is -2.17. The third-order valence-corrected chi connectivity index (χ3v) is 5.02. The molecular formula is C22H31FN2O2. The standard InChI is InChI=1S/C22H31FN2O2/c1-16(2)22(27)25(15-19-9-11-20(23)12-10-19)17(3)21(26)24-14-13-18-7-5-4-6-8-18/h7,9-12,16-17H,4-6,8,13-15H2,1-3H3,(H,24,26). The van der Waals surface area contributed by atoms with Crippen LogP contribution in [0.15, 0.2) is 35.9 Å². The van der Waals surface area contributed by atoms with Crippen molar-refractivity contribution >= 4 is 11.8 Å². The van der Waals surface area contributed by atoms with Gasteiger partial charge < -0.3 is 10.2 Å². The van der Waals surface area contributed by atoms with Crippen LogP contribution >= 0.6 is 0 Å². The van der Waals surface area contributed by atoms with Gasteiger partial charge in [-0.3, -0.25) is 9.59 Å². The summed E-state index contributed by atoms with van der Waals surface area (Å²) in [6, 6.07) is 5.46. The van der Waals surface area contributed by atoms with E-state index in [-0.39, 0.29) is 30.1 Å². The van der Waals surface area contributed by atoms with Crippen LogP contribution in [0.25, 0.3) is 0 Å². The lowest BCUT2D eigenvalue weighted by Gasteiger charge is -2.30. The number of allylic oxidation sites excluding steroid dienone is 1. The van der Waals surface area contributed by atoms with Crippen LogP contribution in [0.2, 0.25) is 0 Å². The van der Waals surface area contributed by atoms with E-state index in [0.29, 0.717) is 6.54 Å². The molecule has 0 saturated carbocycles. The number of nitrogens with one attached hydrogen (secondary N) is 1. The van der Waals surface area contributed by atoms with E-state index in [2.05, 4.69) is 11.4 Å². The molecule has 0 fully saturated rings. The number of hydrogen-bond acceptors (Lipinski definition) is 2. The Bertz CT molecular complexity index is 667. The number of hydrogen-bond donors (Lipinski definition) is 1. The summed E-state index contributed by atoms with van der Waals surface area (Å²) in [5.41, 5.74) is 2.22. The van der Waals surface area contributed by atoms with Gasteiger partial charge in [0.05, 0.1) is 0 Å². The molecule has 0 heterocycles. The molecule has 148 valence electrons. The lowest BCUT2D eigenvalue weighted by molar-refractivity contribution is -0.143. The van der Waals surface area contributed by atoms with Crippen LogP contribution in [0.3, 0.4) is 0 Å². The Morgan fingerprint density at radius 3 is 2.44 bits per heavy atom. The van der Waals surface area contributed by atoms with Crippen LogP contribution in [-0.2, 0) is 16.1 Å². The largest absolute Gasteiger partial charge is 0.354 e. The van der Waals surface area contributed by atoms with E-state index in [9.17, 15) is 14.0 Å². The van der Waals surface area contributed by atoms with Crippen molar-refractivity contribution in [2.45, 2.75) is 65.5 Å². The van der Waals surface area contributed by atoms with Gasteiger partial charge in [0.25, 0.3) is 0 Å². The Kier molecular flexibility index (Phi) is 8.01. The van der Waals surface area contributed by atoms with Gasteiger partial charge in [-0.2, -0.15) is 0 Å². The molecule has 1 aliphatic rings. The smallest absolute Gasteiger partial charge is 0.242 e. The van der Waals surface area contributed by atoms with Gasteiger partial charge in [-0.05, 0) is 56.7 Å². The minimum atomic E-state index is -0.578. The van der Waals surface area contributed by atoms with Crippen molar-refractivity contribution in [1.29, 1.82) is 0 Å². The fourth-order valence-electron chi connectivity index (χ4n) is 3.29. The number of halogens is 1. The molecule has 5 heteroatoms. The van der Waals surface area contributed by atoms with Crippen LogP contribution in [0.1, 0.15) is 58.4 Å². The summed E-state index contributed by atoms with van der Waals surface area (Å²) in [7, 11) is 0.